The van der Waals surface area contributed by atoms with E-state index in [9.17, 15) is 9.59 Å². The quantitative estimate of drug-likeness (QED) is 0.631. The van der Waals surface area contributed by atoms with Crippen LogP contribution in [-0.2, 0) is 9.47 Å². The molecule has 0 aliphatic heterocycles. The van der Waals surface area contributed by atoms with Crippen molar-refractivity contribution in [3.05, 3.63) is 101 Å². The summed E-state index contributed by atoms with van der Waals surface area (Å²) >= 11 is 0. The number of rotatable bonds is 4. The molecule has 0 unspecified atom stereocenters. The zero-order chi connectivity index (χ0) is 16.9. The molecule has 0 amide bonds. The summed E-state index contributed by atoms with van der Waals surface area (Å²) < 4.78 is 10.7. The Hall–Kier alpha value is -3.36. The topological polar surface area (TPSA) is 52.6 Å². The average molecular weight is 318 g/mol. The Labute approximate surface area is 139 Å². The van der Waals surface area contributed by atoms with Gasteiger partial charge in [0.2, 0.25) is 0 Å². The first kappa shape index (κ1) is 15.5. The summed E-state index contributed by atoms with van der Waals surface area (Å²) in [5.74, 6) is -0.666. The van der Waals surface area contributed by atoms with E-state index in [2.05, 4.69) is 5.73 Å². The Morgan fingerprint density at radius 2 is 1.29 bits per heavy atom. The highest BCUT2D eigenvalue weighted by Gasteiger charge is 2.22. The van der Waals surface area contributed by atoms with Crippen LogP contribution in [0, 0.1) is 0 Å². The van der Waals surface area contributed by atoms with Crippen molar-refractivity contribution >= 4 is 11.9 Å². The predicted molar refractivity (Wildman–Crippen MR) is 88.0 cm³/mol. The van der Waals surface area contributed by atoms with Gasteiger partial charge in [-0.2, -0.15) is 0 Å². The van der Waals surface area contributed by atoms with Crippen molar-refractivity contribution in [3.63, 3.8) is 0 Å². The zero-order valence-corrected chi connectivity index (χ0v) is 13.0. The van der Waals surface area contributed by atoms with Crippen LogP contribution < -0.4 is 0 Å². The number of esters is 2. The molecule has 0 atom stereocenters. The van der Waals surface area contributed by atoms with Crippen LogP contribution in [0.2, 0.25) is 0 Å². The highest BCUT2D eigenvalue weighted by atomic mass is 16.6. The molecule has 0 aromatic heterocycles. The maximum absolute atomic E-state index is 12.2. The van der Waals surface area contributed by atoms with Gasteiger partial charge in [0, 0.05) is 11.6 Å². The van der Waals surface area contributed by atoms with Crippen LogP contribution in [-0.4, -0.2) is 11.9 Å². The Morgan fingerprint density at radius 1 is 0.792 bits per heavy atom. The van der Waals surface area contributed by atoms with Gasteiger partial charge in [-0.3, -0.25) is 0 Å². The van der Waals surface area contributed by atoms with Gasteiger partial charge in [0.25, 0.3) is 0 Å². The van der Waals surface area contributed by atoms with Gasteiger partial charge in [0.15, 0.2) is 11.5 Å². The second-order valence-corrected chi connectivity index (χ2v) is 5.12. The molecule has 0 heterocycles. The molecule has 0 saturated heterocycles. The molecule has 1 aliphatic carbocycles. The summed E-state index contributed by atoms with van der Waals surface area (Å²) in [6, 6.07) is 17.2. The number of benzene rings is 2. The van der Waals surface area contributed by atoms with Crippen molar-refractivity contribution in [2.75, 3.05) is 0 Å². The van der Waals surface area contributed by atoms with Gasteiger partial charge in [-0.05, 0) is 31.2 Å². The molecule has 2 aromatic rings. The van der Waals surface area contributed by atoms with Gasteiger partial charge < -0.3 is 9.47 Å². The highest BCUT2D eigenvalue weighted by Crippen LogP contribution is 2.25. The van der Waals surface area contributed by atoms with Gasteiger partial charge >= 0.3 is 11.9 Å². The molecular formula is C20H14O4. The summed E-state index contributed by atoms with van der Waals surface area (Å²) in [6.45, 7) is 1.73. The third-order valence-corrected chi connectivity index (χ3v) is 3.40. The van der Waals surface area contributed by atoms with Crippen molar-refractivity contribution in [3.8, 4) is 0 Å². The highest BCUT2D eigenvalue weighted by molar-refractivity contribution is 5.91. The minimum atomic E-state index is -0.522. The van der Waals surface area contributed by atoms with Crippen LogP contribution in [0.1, 0.15) is 27.6 Å². The zero-order valence-electron chi connectivity index (χ0n) is 13.0. The molecule has 0 fully saturated rings. The molecule has 0 N–H and O–H groups in total. The van der Waals surface area contributed by atoms with Crippen LogP contribution in [0.3, 0.4) is 0 Å². The second kappa shape index (κ2) is 6.82. The SMILES string of the molecule is CC1=C=CC(OC(=O)c2ccccc2)=C1OC(=O)c1ccccc1. The lowest BCUT2D eigenvalue weighted by atomic mass is 10.2. The molecule has 3 rings (SSSR count). The van der Waals surface area contributed by atoms with E-state index in [0.717, 1.165) is 0 Å². The lowest BCUT2D eigenvalue weighted by Gasteiger charge is -2.10. The lowest BCUT2D eigenvalue weighted by Crippen LogP contribution is -2.10. The Balaban J connectivity index is 1.79. The van der Waals surface area contributed by atoms with Crippen molar-refractivity contribution < 1.29 is 19.1 Å². The predicted octanol–water partition coefficient (Wildman–Crippen LogP) is 4.03. The molecular weight excluding hydrogens is 304 g/mol. The number of hydrogen-bond donors (Lipinski definition) is 0. The van der Waals surface area contributed by atoms with Gasteiger partial charge in [-0.25, -0.2) is 9.59 Å². The van der Waals surface area contributed by atoms with E-state index in [4.69, 9.17) is 9.47 Å². The van der Waals surface area contributed by atoms with Gasteiger partial charge in [0.1, 0.15) is 0 Å². The molecule has 24 heavy (non-hydrogen) atoms. The first-order valence-electron chi connectivity index (χ1n) is 7.37. The van der Waals surface area contributed by atoms with Crippen LogP contribution >= 0.6 is 0 Å². The minimum Gasteiger partial charge on any atom is -0.418 e. The van der Waals surface area contributed by atoms with E-state index in [1.807, 2.05) is 12.1 Å². The monoisotopic (exact) mass is 318 g/mol. The molecule has 4 heteroatoms. The van der Waals surface area contributed by atoms with E-state index in [-0.39, 0.29) is 11.5 Å². The molecule has 118 valence electrons. The average Bonchev–Trinajstić information content (AvgIpc) is 2.96. The van der Waals surface area contributed by atoms with Crippen LogP contribution in [0.4, 0.5) is 0 Å². The van der Waals surface area contributed by atoms with Crippen LogP contribution in [0.15, 0.2) is 89.6 Å². The smallest absolute Gasteiger partial charge is 0.343 e. The summed E-state index contributed by atoms with van der Waals surface area (Å²) in [6.07, 6.45) is 1.49. The molecule has 0 spiro atoms. The van der Waals surface area contributed by atoms with Crippen LogP contribution in [0.25, 0.3) is 0 Å². The molecule has 0 radical (unpaired) electrons. The Bertz CT molecular complexity index is 870. The first-order valence-corrected chi connectivity index (χ1v) is 7.37. The van der Waals surface area contributed by atoms with Gasteiger partial charge in [0.05, 0.1) is 11.1 Å². The third-order valence-electron chi connectivity index (χ3n) is 3.40. The fourth-order valence-electron chi connectivity index (χ4n) is 2.15. The summed E-state index contributed by atoms with van der Waals surface area (Å²) in [5.41, 5.74) is 4.32. The number of carbonyl (C=O) groups excluding carboxylic acids is 2. The van der Waals surface area contributed by atoms with E-state index in [1.54, 1.807) is 55.5 Å². The summed E-state index contributed by atoms with van der Waals surface area (Å²) in [4.78, 5) is 24.4. The lowest BCUT2D eigenvalue weighted by molar-refractivity contribution is 0.0550. The largest absolute Gasteiger partial charge is 0.418 e. The maximum Gasteiger partial charge on any atom is 0.343 e. The van der Waals surface area contributed by atoms with E-state index in [1.165, 1.54) is 6.08 Å². The van der Waals surface area contributed by atoms with Gasteiger partial charge in [-0.15, -0.1) is 5.73 Å². The Kier molecular flexibility index (Phi) is 4.41. The number of hydrogen-bond acceptors (Lipinski definition) is 4. The van der Waals surface area contributed by atoms with E-state index in [0.29, 0.717) is 16.7 Å². The van der Waals surface area contributed by atoms with Crippen molar-refractivity contribution in [2.24, 2.45) is 0 Å². The fourth-order valence-corrected chi connectivity index (χ4v) is 2.15. The number of carbonyl (C=O) groups is 2. The van der Waals surface area contributed by atoms with Gasteiger partial charge in [-0.1, -0.05) is 36.4 Å². The molecule has 4 nitrogen and oxygen atoms in total. The number of ether oxygens (including phenoxy) is 2. The first-order chi connectivity index (χ1) is 11.6. The van der Waals surface area contributed by atoms with Crippen LogP contribution in [0.5, 0.6) is 0 Å². The molecule has 2 aromatic carbocycles. The normalized spacial score (nSPS) is 12.8. The standard InChI is InChI=1S/C20H14O4/c1-14-12-13-17(23-19(21)15-8-4-2-5-9-15)18(14)24-20(22)16-10-6-3-7-11-16/h2-11,13H,1H3. The maximum atomic E-state index is 12.2. The second-order valence-electron chi connectivity index (χ2n) is 5.12. The fraction of sp³-hybridized carbons (Fsp3) is 0.0500. The Morgan fingerprint density at radius 3 is 1.83 bits per heavy atom. The van der Waals surface area contributed by atoms with Crippen molar-refractivity contribution in [1.82, 2.24) is 0 Å². The third kappa shape index (κ3) is 3.35. The van der Waals surface area contributed by atoms with E-state index < -0.39 is 11.9 Å². The molecule has 0 saturated carbocycles. The van der Waals surface area contributed by atoms with Crippen molar-refractivity contribution in [1.29, 1.82) is 0 Å². The molecule has 0 bridgehead atoms. The van der Waals surface area contributed by atoms with Crippen molar-refractivity contribution in [2.45, 2.75) is 6.92 Å². The minimum absolute atomic E-state index is 0.172. The number of allylic oxidation sites excluding steroid dienone is 2. The summed E-state index contributed by atoms with van der Waals surface area (Å²) in [5, 5.41) is 0. The summed E-state index contributed by atoms with van der Waals surface area (Å²) in [7, 11) is 0. The molecule has 1 aliphatic rings. The van der Waals surface area contributed by atoms with E-state index >= 15 is 0 Å².